The maximum atomic E-state index is 11.4. The van der Waals surface area contributed by atoms with Crippen LogP contribution in [-0.2, 0) is 4.79 Å². The monoisotopic (exact) mass is 321 g/mol. The molecule has 0 aliphatic carbocycles. The van der Waals surface area contributed by atoms with E-state index in [0.717, 1.165) is 23.0 Å². The third kappa shape index (κ3) is 2.90. The molecular weight excluding hydrogens is 306 g/mol. The Morgan fingerprint density at radius 2 is 2.26 bits per heavy atom. The molecule has 0 aromatic heterocycles. The van der Waals surface area contributed by atoms with E-state index in [-0.39, 0.29) is 11.8 Å². The van der Waals surface area contributed by atoms with Crippen LogP contribution in [-0.4, -0.2) is 18.5 Å². The highest BCUT2D eigenvalue weighted by Crippen LogP contribution is 2.31. The molecule has 5 heteroatoms. The molecule has 2 N–H and O–H groups in total. The topological polar surface area (TPSA) is 70.1 Å². The van der Waals surface area contributed by atoms with Crippen molar-refractivity contribution < 1.29 is 4.79 Å². The van der Waals surface area contributed by atoms with Gasteiger partial charge < -0.3 is 10.6 Å². The number of hydrogen-bond acceptors (Lipinski definition) is 3. The van der Waals surface area contributed by atoms with E-state index < -0.39 is 0 Å². The minimum atomic E-state index is -0.259. The summed E-state index contributed by atoms with van der Waals surface area (Å²) in [6.07, 6.45) is 1.73. The molecule has 0 bridgehead atoms. The number of nitrogens with two attached hydrogens (primary N) is 1. The van der Waals surface area contributed by atoms with Crippen molar-refractivity contribution >= 4 is 27.5 Å². The number of hydrogen-bond donors (Lipinski definition) is 1. The van der Waals surface area contributed by atoms with Gasteiger partial charge in [0.2, 0.25) is 5.91 Å². The van der Waals surface area contributed by atoms with E-state index in [0.29, 0.717) is 18.2 Å². The first-order chi connectivity index (χ1) is 9.02. The van der Waals surface area contributed by atoms with Gasteiger partial charge in [-0.25, -0.2) is 0 Å². The molecule has 1 fully saturated rings. The van der Waals surface area contributed by atoms with Crippen LogP contribution in [0, 0.1) is 17.2 Å². The Morgan fingerprint density at radius 3 is 2.89 bits per heavy atom. The van der Waals surface area contributed by atoms with Crippen LogP contribution in [0.25, 0.3) is 0 Å². The number of nitriles is 1. The van der Waals surface area contributed by atoms with Gasteiger partial charge >= 0.3 is 0 Å². The van der Waals surface area contributed by atoms with Gasteiger partial charge in [-0.15, -0.1) is 0 Å². The second-order valence-electron chi connectivity index (χ2n) is 4.95. The van der Waals surface area contributed by atoms with Crippen molar-refractivity contribution in [3.63, 3.8) is 0 Å². The molecule has 2 atom stereocenters. The van der Waals surface area contributed by atoms with Gasteiger partial charge in [-0.2, -0.15) is 5.26 Å². The molecule has 100 valence electrons. The molecule has 1 heterocycles. The average Bonchev–Trinajstić information content (AvgIpc) is 2.39. The number of anilines is 1. The molecular formula is C14H16BrN3O. The SMILES string of the molecule is CC1CCC(C(N)=O)CN1c1cc(Br)ccc1C#N. The van der Waals surface area contributed by atoms with E-state index in [4.69, 9.17) is 5.73 Å². The van der Waals surface area contributed by atoms with E-state index >= 15 is 0 Å². The number of nitrogens with zero attached hydrogens (tertiary/aromatic N) is 2. The van der Waals surface area contributed by atoms with Crippen molar-refractivity contribution in [2.75, 3.05) is 11.4 Å². The van der Waals surface area contributed by atoms with Crippen molar-refractivity contribution in [2.45, 2.75) is 25.8 Å². The molecule has 2 unspecified atom stereocenters. The first kappa shape index (κ1) is 13.9. The smallest absolute Gasteiger partial charge is 0.222 e. The number of amides is 1. The van der Waals surface area contributed by atoms with Gasteiger partial charge in [-0.3, -0.25) is 4.79 Å². The Balaban J connectivity index is 2.36. The van der Waals surface area contributed by atoms with Gasteiger partial charge in [0.05, 0.1) is 17.2 Å². The molecule has 1 aliphatic rings. The quantitative estimate of drug-likeness (QED) is 0.909. The van der Waals surface area contributed by atoms with E-state index in [1.54, 1.807) is 6.07 Å². The Morgan fingerprint density at radius 1 is 1.53 bits per heavy atom. The third-order valence-corrected chi connectivity index (χ3v) is 4.17. The Labute approximate surface area is 121 Å². The summed E-state index contributed by atoms with van der Waals surface area (Å²) in [7, 11) is 0. The van der Waals surface area contributed by atoms with Crippen molar-refractivity contribution in [3.8, 4) is 6.07 Å². The van der Waals surface area contributed by atoms with E-state index in [1.165, 1.54) is 0 Å². The number of halogens is 1. The highest BCUT2D eigenvalue weighted by atomic mass is 79.9. The molecule has 0 spiro atoms. The van der Waals surface area contributed by atoms with Gasteiger partial charge in [0.1, 0.15) is 6.07 Å². The summed E-state index contributed by atoms with van der Waals surface area (Å²) >= 11 is 3.43. The second kappa shape index (κ2) is 5.62. The summed E-state index contributed by atoms with van der Waals surface area (Å²) in [4.78, 5) is 13.5. The van der Waals surface area contributed by atoms with Crippen molar-refractivity contribution in [2.24, 2.45) is 11.7 Å². The first-order valence-electron chi connectivity index (χ1n) is 6.28. The number of piperidine rings is 1. The lowest BCUT2D eigenvalue weighted by Gasteiger charge is -2.39. The Bertz CT molecular complexity index is 538. The average molecular weight is 322 g/mol. The van der Waals surface area contributed by atoms with Crippen molar-refractivity contribution in [3.05, 3.63) is 28.2 Å². The lowest BCUT2D eigenvalue weighted by Crippen LogP contribution is -2.46. The van der Waals surface area contributed by atoms with Gasteiger partial charge in [-0.1, -0.05) is 15.9 Å². The van der Waals surface area contributed by atoms with Crippen LogP contribution < -0.4 is 10.6 Å². The van der Waals surface area contributed by atoms with Crippen molar-refractivity contribution in [1.82, 2.24) is 0 Å². The third-order valence-electron chi connectivity index (χ3n) is 3.67. The van der Waals surface area contributed by atoms with Gasteiger partial charge in [-0.05, 0) is 38.0 Å². The zero-order valence-electron chi connectivity index (χ0n) is 10.8. The van der Waals surface area contributed by atoms with Gasteiger partial charge in [0.25, 0.3) is 0 Å². The van der Waals surface area contributed by atoms with E-state index in [9.17, 15) is 10.1 Å². The predicted octanol–water partition coefficient (Wildman–Crippen LogP) is 2.41. The summed E-state index contributed by atoms with van der Waals surface area (Å²) in [5.41, 5.74) is 6.91. The summed E-state index contributed by atoms with van der Waals surface area (Å²) in [5, 5.41) is 9.22. The maximum Gasteiger partial charge on any atom is 0.222 e. The highest BCUT2D eigenvalue weighted by molar-refractivity contribution is 9.10. The summed E-state index contributed by atoms with van der Waals surface area (Å²) < 4.78 is 0.926. The van der Waals surface area contributed by atoms with Crippen LogP contribution >= 0.6 is 15.9 Å². The Kier molecular flexibility index (Phi) is 4.11. The summed E-state index contributed by atoms with van der Waals surface area (Å²) in [5.74, 6) is -0.396. The fourth-order valence-corrected chi connectivity index (χ4v) is 2.86. The fraction of sp³-hybridized carbons (Fsp3) is 0.429. The largest absolute Gasteiger partial charge is 0.369 e. The number of primary amides is 1. The van der Waals surface area contributed by atoms with Crippen LogP contribution in [0.5, 0.6) is 0 Å². The van der Waals surface area contributed by atoms with Crippen LogP contribution in [0.15, 0.2) is 22.7 Å². The van der Waals surface area contributed by atoms with E-state index in [2.05, 4.69) is 33.8 Å². The number of rotatable bonds is 2. The second-order valence-corrected chi connectivity index (χ2v) is 5.87. The van der Waals surface area contributed by atoms with Gasteiger partial charge in [0.15, 0.2) is 0 Å². The Hall–Kier alpha value is -1.54. The predicted molar refractivity (Wildman–Crippen MR) is 77.6 cm³/mol. The molecule has 1 aliphatic heterocycles. The molecule has 2 rings (SSSR count). The molecule has 0 saturated carbocycles. The zero-order valence-corrected chi connectivity index (χ0v) is 12.4. The van der Waals surface area contributed by atoms with Crippen LogP contribution in [0.3, 0.4) is 0 Å². The molecule has 0 radical (unpaired) electrons. The highest BCUT2D eigenvalue weighted by Gasteiger charge is 2.29. The standard InChI is InChI=1S/C14H16BrN3O/c1-9-2-3-11(14(17)19)8-18(9)13-6-12(15)5-4-10(13)7-16/h4-6,9,11H,2-3,8H2,1H3,(H2,17,19). The summed E-state index contributed by atoms with van der Waals surface area (Å²) in [6.45, 7) is 2.70. The van der Waals surface area contributed by atoms with Crippen LogP contribution in [0.4, 0.5) is 5.69 Å². The van der Waals surface area contributed by atoms with Gasteiger partial charge in [0, 0.05) is 17.1 Å². The normalized spacial score (nSPS) is 22.9. The molecule has 1 aromatic carbocycles. The minimum absolute atomic E-state index is 0.137. The van der Waals surface area contributed by atoms with E-state index in [1.807, 2.05) is 12.1 Å². The molecule has 4 nitrogen and oxygen atoms in total. The number of benzene rings is 1. The lowest BCUT2D eigenvalue weighted by molar-refractivity contribution is -0.122. The number of carbonyl (C=O) groups excluding carboxylic acids is 1. The molecule has 1 aromatic rings. The molecule has 1 amide bonds. The lowest BCUT2D eigenvalue weighted by atomic mass is 9.92. The zero-order chi connectivity index (χ0) is 14.0. The maximum absolute atomic E-state index is 11.4. The van der Waals surface area contributed by atoms with Crippen LogP contribution in [0.2, 0.25) is 0 Å². The van der Waals surface area contributed by atoms with Crippen molar-refractivity contribution in [1.29, 1.82) is 5.26 Å². The van der Waals surface area contributed by atoms with Crippen LogP contribution in [0.1, 0.15) is 25.3 Å². The number of carbonyl (C=O) groups is 1. The summed E-state index contributed by atoms with van der Waals surface area (Å²) in [6, 6.07) is 8.08. The molecule has 19 heavy (non-hydrogen) atoms. The minimum Gasteiger partial charge on any atom is -0.369 e. The fourth-order valence-electron chi connectivity index (χ4n) is 2.51. The molecule has 1 saturated heterocycles. The first-order valence-corrected chi connectivity index (χ1v) is 7.08.